The fourth-order valence-electron chi connectivity index (χ4n) is 1.44. The topological polar surface area (TPSA) is 55.6 Å². The third-order valence-electron chi connectivity index (χ3n) is 2.39. The van der Waals surface area contributed by atoms with Crippen LogP contribution in [-0.4, -0.2) is 44.2 Å². The molecule has 0 aromatic carbocycles. The van der Waals surface area contributed by atoms with E-state index in [0.29, 0.717) is 31.8 Å². The highest BCUT2D eigenvalue weighted by Crippen LogP contribution is 2.15. The Morgan fingerprint density at radius 2 is 2.39 bits per heavy atom. The summed E-state index contributed by atoms with van der Waals surface area (Å²) in [5.74, 6) is 5.73. The molecule has 1 heterocycles. The van der Waals surface area contributed by atoms with Crippen molar-refractivity contribution in [2.24, 2.45) is 5.73 Å². The van der Waals surface area contributed by atoms with E-state index in [0.717, 1.165) is 4.88 Å². The molecule has 18 heavy (non-hydrogen) atoms. The van der Waals surface area contributed by atoms with Crippen molar-refractivity contribution >= 4 is 17.2 Å². The summed E-state index contributed by atoms with van der Waals surface area (Å²) in [7, 11) is 1.63. The number of nitrogens with two attached hydrogens (primary N) is 1. The van der Waals surface area contributed by atoms with Gasteiger partial charge in [0, 0.05) is 25.6 Å². The Kier molecular flexibility index (Phi) is 6.44. The van der Waals surface area contributed by atoms with Crippen molar-refractivity contribution in [3.05, 3.63) is 21.9 Å². The van der Waals surface area contributed by atoms with Gasteiger partial charge in [-0.15, -0.1) is 11.3 Å². The van der Waals surface area contributed by atoms with Crippen molar-refractivity contribution in [1.82, 2.24) is 4.90 Å². The zero-order valence-electron chi connectivity index (χ0n) is 10.7. The average Bonchev–Trinajstić information content (AvgIpc) is 2.85. The molecule has 0 fully saturated rings. The maximum atomic E-state index is 12.2. The molecule has 5 heteroatoms. The number of hydrogen-bond donors (Lipinski definition) is 1. The van der Waals surface area contributed by atoms with Gasteiger partial charge in [-0.05, 0) is 13.0 Å². The molecule has 0 saturated heterocycles. The average molecular weight is 266 g/mol. The molecule has 1 aromatic heterocycles. The van der Waals surface area contributed by atoms with E-state index < -0.39 is 0 Å². The zero-order valence-corrected chi connectivity index (χ0v) is 11.5. The third-order valence-corrected chi connectivity index (χ3v) is 3.24. The van der Waals surface area contributed by atoms with Crippen molar-refractivity contribution in [3.63, 3.8) is 0 Å². The molecule has 1 rings (SSSR count). The number of carbonyl (C=O) groups is 1. The van der Waals surface area contributed by atoms with E-state index in [-0.39, 0.29) is 5.91 Å². The van der Waals surface area contributed by atoms with Crippen LogP contribution in [0, 0.1) is 11.8 Å². The molecular weight excluding hydrogens is 248 g/mol. The molecule has 1 amide bonds. The number of hydrogen-bond acceptors (Lipinski definition) is 4. The summed E-state index contributed by atoms with van der Waals surface area (Å²) in [5.41, 5.74) is 5.99. The second-order valence-electron chi connectivity index (χ2n) is 3.58. The Morgan fingerprint density at radius 3 is 3.00 bits per heavy atom. The van der Waals surface area contributed by atoms with E-state index in [1.807, 2.05) is 18.4 Å². The summed E-state index contributed by atoms with van der Waals surface area (Å²) in [6, 6.07) is 1.81. The first-order valence-corrected chi connectivity index (χ1v) is 6.66. The SMILES string of the molecule is CCN(CCOC)C(=O)c1csc(C#CCN)c1. The minimum atomic E-state index is 0.0200. The molecule has 0 radical (unpaired) electrons. The van der Waals surface area contributed by atoms with Gasteiger partial charge in [-0.3, -0.25) is 4.79 Å². The number of ether oxygens (including phenoxy) is 1. The standard InChI is InChI=1S/C13H18N2O2S/c1-3-15(7-8-17-2)13(16)11-9-12(18-10-11)5-4-6-14/h9-10H,3,6-8,14H2,1-2H3. The maximum absolute atomic E-state index is 12.2. The fraction of sp³-hybridized carbons (Fsp3) is 0.462. The number of nitrogens with zero attached hydrogens (tertiary/aromatic N) is 1. The van der Waals surface area contributed by atoms with Crippen LogP contribution in [0.5, 0.6) is 0 Å². The van der Waals surface area contributed by atoms with Gasteiger partial charge in [-0.1, -0.05) is 11.8 Å². The Hall–Kier alpha value is -1.35. The first-order chi connectivity index (χ1) is 8.72. The number of methoxy groups -OCH3 is 1. The van der Waals surface area contributed by atoms with Gasteiger partial charge in [0.1, 0.15) is 0 Å². The Balaban J connectivity index is 2.72. The largest absolute Gasteiger partial charge is 0.383 e. The van der Waals surface area contributed by atoms with Crippen molar-refractivity contribution in [1.29, 1.82) is 0 Å². The van der Waals surface area contributed by atoms with E-state index >= 15 is 0 Å². The second kappa shape index (κ2) is 7.88. The van der Waals surface area contributed by atoms with Gasteiger partial charge in [0.05, 0.1) is 23.6 Å². The van der Waals surface area contributed by atoms with Crippen LogP contribution in [0.4, 0.5) is 0 Å². The molecular formula is C13H18N2O2S. The van der Waals surface area contributed by atoms with Crippen LogP contribution in [0.2, 0.25) is 0 Å². The Labute approximate surface area is 112 Å². The predicted molar refractivity (Wildman–Crippen MR) is 73.7 cm³/mol. The van der Waals surface area contributed by atoms with Crippen molar-refractivity contribution in [2.75, 3.05) is 33.4 Å². The van der Waals surface area contributed by atoms with Gasteiger partial charge in [-0.2, -0.15) is 0 Å². The predicted octanol–water partition coefficient (Wildman–Crippen LogP) is 1.17. The minimum absolute atomic E-state index is 0.0200. The molecule has 2 N–H and O–H groups in total. The molecule has 0 aliphatic heterocycles. The molecule has 0 unspecified atom stereocenters. The summed E-state index contributed by atoms with van der Waals surface area (Å²) in [5, 5.41) is 1.83. The summed E-state index contributed by atoms with van der Waals surface area (Å²) in [6.07, 6.45) is 0. The molecule has 98 valence electrons. The number of amides is 1. The number of thiophene rings is 1. The molecule has 0 bridgehead atoms. The highest BCUT2D eigenvalue weighted by atomic mass is 32.1. The van der Waals surface area contributed by atoms with Crippen LogP contribution in [-0.2, 0) is 4.74 Å². The van der Waals surface area contributed by atoms with E-state index in [9.17, 15) is 4.79 Å². The number of carbonyl (C=O) groups excluding carboxylic acids is 1. The van der Waals surface area contributed by atoms with Crippen molar-refractivity contribution in [3.8, 4) is 11.8 Å². The lowest BCUT2D eigenvalue weighted by atomic mass is 10.2. The van der Waals surface area contributed by atoms with Crippen LogP contribution >= 0.6 is 11.3 Å². The highest BCUT2D eigenvalue weighted by Gasteiger charge is 2.15. The lowest BCUT2D eigenvalue weighted by Gasteiger charge is -2.19. The minimum Gasteiger partial charge on any atom is -0.383 e. The van der Waals surface area contributed by atoms with Crippen molar-refractivity contribution < 1.29 is 9.53 Å². The summed E-state index contributed by atoms with van der Waals surface area (Å²) in [4.78, 5) is 14.8. The molecule has 0 spiro atoms. The quantitative estimate of drug-likeness (QED) is 0.814. The molecule has 0 saturated carbocycles. The molecule has 0 aliphatic carbocycles. The molecule has 4 nitrogen and oxygen atoms in total. The first-order valence-electron chi connectivity index (χ1n) is 5.78. The number of rotatable bonds is 5. The van der Waals surface area contributed by atoms with Crippen LogP contribution in [0.25, 0.3) is 0 Å². The van der Waals surface area contributed by atoms with Crippen LogP contribution in [0.15, 0.2) is 11.4 Å². The van der Waals surface area contributed by atoms with E-state index in [2.05, 4.69) is 11.8 Å². The molecule has 0 aliphatic rings. The normalized spacial score (nSPS) is 9.72. The maximum Gasteiger partial charge on any atom is 0.254 e. The monoisotopic (exact) mass is 266 g/mol. The first kappa shape index (κ1) is 14.7. The van der Waals surface area contributed by atoms with Gasteiger partial charge >= 0.3 is 0 Å². The number of likely N-dealkylation sites (N-methyl/N-ethyl adjacent to an activating group) is 1. The summed E-state index contributed by atoms with van der Waals surface area (Å²) >= 11 is 1.46. The van der Waals surface area contributed by atoms with E-state index in [4.69, 9.17) is 10.5 Å². The molecule has 1 aromatic rings. The third kappa shape index (κ3) is 4.15. The van der Waals surface area contributed by atoms with Crippen LogP contribution in [0.3, 0.4) is 0 Å². The smallest absolute Gasteiger partial charge is 0.254 e. The van der Waals surface area contributed by atoms with Crippen LogP contribution < -0.4 is 5.73 Å². The Morgan fingerprint density at radius 1 is 1.61 bits per heavy atom. The fourth-order valence-corrected chi connectivity index (χ4v) is 2.19. The van der Waals surface area contributed by atoms with Gasteiger partial charge in [0.25, 0.3) is 5.91 Å². The molecule has 0 atom stereocenters. The van der Waals surface area contributed by atoms with Gasteiger partial charge in [-0.25, -0.2) is 0 Å². The van der Waals surface area contributed by atoms with Crippen LogP contribution in [0.1, 0.15) is 22.2 Å². The van der Waals surface area contributed by atoms with Gasteiger partial charge in [0.2, 0.25) is 0 Å². The van der Waals surface area contributed by atoms with E-state index in [1.165, 1.54) is 11.3 Å². The van der Waals surface area contributed by atoms with E-state index in [1.54, 1.807) is 12.0 Å². The highest BCUT2D eigenvalue weighted by molar-refractivity contribution is 7.10. The lowest BCUT2D eigenvalue weighted by molar-refractivity contribution is 0.0707. The second-order valence-corrected chi connectivity index (χ2v) is 4.49. The van der Waals surface area contributed by atoms with Gasteiger partial charge in [0.15, 0.2) is 0 Å². The lowest BCUT2D eigenvalue weighted by Crippen LogP contribution is -2.33. The van der Waals surface area contributed by atoms with Gasteiger partial charge < -0.3 is 15.4 Å². The summed E-state index contributed by atoms with van der Waals surface area (Å²) in [6.45, 7) is 4.10. The zero-order chi connectivity index (χ0) is 13.4. The Bertz CT molecular complexity index is 445. The van der Waals surface area contributed by atoms with Crippen molar-refractivity contribution in [2.45, 2.75) is 6.92 Å². The summed E-state index contributed by atoms with van der Waals surface area (Å²) < 4.78 is 4.99.